The lowest BCUT2D eigenvalue weighted by atomic mass is 9.77. The maximum atomic E-state index is 14.1. The van der Waals surface area contributed by atoms with Crippen molar-refractivity contribution in [3.63, 3.8) is 0 Å². The zero-order chi connectivity index (χ0) is 30.0. The van der Waals surface area contributed by atoms with Gasteiger partial charge in [-0.1, -0.05) is 12.1 Å². The first kappa shape index (κ1) is 28.7. The van der Waals surface area contributed by atoms with Crippen molar-refractivity contribution < 1.29 is 28.7 Å². The van der Waals surface area contributed by atoms with Crippen molar-refractivity contribution >= 4 is 23.4 Å². The predicted molar refractivity (Wildman–Crippen MR) is 155 cm³/mol. The van der Waals surface area contributed by atoms with Crippen LogP contribution in [-0.2, 0) is 6.54 Å². The van der Waals surface area contributed by atoms with Crippen LogP contribution >= 0.6 is 0 Å². The molecule has 42 heavy (non-hydrogen) atoms. The van der Waals surface area contributed by atoms with Crippen molar-refractivity contribution in [2.45, 2.75) is 38.8 Å². The fraction of sp³-hybridized carbons (Fsp3) is 0.367. The molecule has 1 amide bonds. The van der Waals surface area contributed by atoms with Crippen molar-refractivity contribution in [3.05, 3.63) is 75.1 Å². The Morgan fingerprint density at radius 3 is 2.33 bits per heavy atom. The van der Waals surface area contributed by atoms with Gasteiger partial charge in [0.2, 0.25) is 5.69 Å². The van der Waals surface area contributed by atoms with Crippen molar-refractivity contribution in [1.29, 1.82) is 0 Å². The summed E-state index contributed by atoms with van der Waals surface area (Å²) < 4.78 is 23.2. The summed E-state index contributed by atoms with van der Waals surface area (Å²) in [6, 6.07) is 10.6. The number of hydrogen-bond acceptors (Lipinski definition) is 9. The number of nitro groups is 1. The minimum Gasteiger partial charge on any atom is -0.493 e. The summed E-state index contributed by atoms with van der Waals surface area (Å²) in [5, 5.41) is 22.3. The molecule has 2 heterocycles. The predicted octanol–water partition coefficient (Wildman–Crippen LogP) is 5.28. The molecule has 0 radical (unpaired) electrons. The van der Waals surface area contributed by atoms with Crippen molar-refractivity contribution in [3.8, 4) is 23.0 Å². The Labute approximate surface area is 243 Å². The Morgan fingerprint density at radius 2 is 1.69 bits per heavy atom. The van der Waals surface area contributed by atoms with Crippen LogP contribution in [0.2, 0.25) is 0 Å². The van der Waals surface area contributed by atoms with E-state index in [9.17, 15) is 14.9 Å². The van der Waals surface area contributed by atoms with Gasteiger partial charge in [-0.2, -0.15) is 10.2 Å². The van der Waals surface area contributed by atoms with E-state index in [0.717, 1.165) is 41.7 Å². The molecule has 220 valence electrons. The number of hydrogen-bond donors (Lipinski definition) is 0. The Balaban J connectivity index is 1.63. The second-order valence-corrected chi connectivity index (χ2v) is 9.95. The van der Waals surface area contributed by atoms with Crippen LogP contribution in [0.1, 0.15) is 53.8 Å². The minimum absolute atomic E-state index is 0.153. The number of methoxy groups -OCH3 is 4. The molecular weight excluding hydrogens is 542 g/mol. The number of benzene rings is 2. The van der Waals surface area contributed by atoms with Gasteiger partial charge in [-0.15, -0.1) is 0 Å². The molecular formula is C30H33N5O7. The van der Waals surface area contributed by atoms with Gasteiger partial charge in [0, 0.05) is 12.5 Å². The fourth-order valence-electron chi connectivity index (χ4n) is 5.65. The molecule has 1 aliphatic heterocycles. The summed E-state index contributed by atoms with van der Waals surface area (Å²) in [6.07, 6.45) is 5.72. The number of aryl methyl sites for hydroxylation is 1. The molecule has 1 saturated carbocycles. The molecule has 2 atom stereocenters. The highest BCUT2D eigenvalue weighted by Gasteiger charge is 2.46. The maximum absolute atomic E-state index is 14.1. The van der Waals surface area contributed by atoms with Gasteiger partial charge in [-0.05, 0) is 73.2 Å². The van der Waals surface area contributed by atoms with Crippen LogP contribution in [-0.4, -0.2) is 59.8 Å². The molecule has 12 nitrogen and oxygen atoms in total. The normalized spacial score (nSPS) is 18.8. The molecule has 5 rings (SSSR count). The molecule has 0 saturated heterocycles. The molecule has 0 unspecified atom stereocenters. The van der Waals surface area contributed by atoms with Crippen molar-refractivity contribution in [2.75, 3.05) is 28.4 Å². The van der Waals surface area contributed by atoms with Crippen molar-refractivity contribution in [2.24, 2.45) is 11.0 Å². The molecule has 2 aliphatic rings. The summed E-state index contributed by atoms with van der Waals surface area (Å²) in [5.74, 6) is 1.49. The third-order valence-corrected chi connectivity index (χ3v) is 7.67. The smallest absolute Gasteiger partial charge is 0.320 e. The number of aromatic nitrogens is 2. The van der Waals surface area contributed by atoms with Crippen LogP contribution in [0, 0.1) is 16.0 Å². The van der Waals surface area contributed by atoms with E-state index in [1.54, 1.807) is 41.4 Å². The first-order chi connectivity index (χ1) is 20.3. The van der Waals surface area contributed by atoms with E-state index in [0.29, 0.717) is 29.5 Å². The largest absolute Gasteiger partial charge is 0.493 e. The highest BCUT2D eigenvalue weighted by atomic mass is 16.6. The number of fused-ring (bicyclic) bond motifs is 1. The first-order valence-corrected chi connectivity index (χ1v) is 13.6. The maximum Gasteiger partial charge on any atom is 0.320 e. The number of rotatable bonds is 9. The molecule has 0 spiro atoms. The quantitative estimate of drug-likeness (QED) is 0.249. The van der Waals surface area contributed by atoms with Gasteiger partial charge in [-0.25, -0.2) is 5.01 Å². The van der Waals surface area contributed by atoms with Gasteiger partial charge in [0.1, 0.15) is 6.20 Å². The number of carbonyl (C=O) groups excluding carboxylic acids is 1. The highest BCUT2D eigenvalue weighted by Crippen LogP contribution is 2.47. The summed E-state index contributed by atoms with van der Waals surface area (Å²) in [6.45, 7) is 2.18. The van der Waals surface area contributed by atoms with Gasteiger partial charge < -0.3 is 18.9 Å². The number of amides is 1. The Bertz CT molecular complexity index is 1580. The zero-order valence-corrected chi connectivity index (χ0v) is 24.2. The molecule has 1 aromatic heterocycles. The number of carbonyl (C=O) groups is 1. The topological polar surface area (TPSA) is 131 Å². The number of hydrazone groups is 1. The molecule has 1 fully saturated rings. The average molecular weight is 576 g/mol. The van der Waals surface area contributed by atoms with Gasteiger partial charge in [-0.3, -0.25) is 19.6 Å². The third-order valence-electron chi connectivity index (χ3n) is 7.67. The molecule has 1 aliphatic carbocycles. The van der Waals surface area contributed by atoms with Gasteiger partial charge in [0.15, 0.2) is 23.0 Å². The summed E-state index contributed by atoms with van der Waals surface area (Å²) in [7, 11) is 6.28. The highest BCUT2D eigenvalue weighted by molar-refractivity contribution is 6.09. The second kappa shape index (κ2) is 11.9. The van der Waals surface area contributed by atoms with Crippen LogP contribution in [0.4, 0.5) is 5.69 Å². The number of allylic oxidation sites excluding steroid dienone is 1. The van der Waals surface area contributed by atoms with Crippen LogP contribution < -0.4 is 18.9 Å². The Morgan fingerprint density at radius 1 is 1.02 bits per heavy atom. The van der Waals surface area contributed by atoms with E-state index in [4.69, 9.17) is 24.0 Å². The third kappa shape index (κ3) is 5.15. The van der Waals surface area contributed by atoms with Crippen LogP contribution in [0.5, 0.6) is 23.0 Å². The lowest BCUT2D eigenvalue weighted by Crippen LogP contribution is -2.32. The molecule has 2 aromatic carbocycles. The Kier molecular flexibility index (Phi) is 8.14. The lowest BCUT2D eigenvalue weighted by molar-refractivity contribution is -0.385. The lowest BCUT2D eigenvalue weighted by Gasteiger charge is -2.29. The molecule has 3 aromatic rings. The summed E-state index contributed by atoms with van der Waals surface area (Å²) in [5.41, 5.74) is 2.81. The molecule has 0 bridgehead atoms. The average Bonchev–Trinajstić information content (AvgIpc) is 3.63. The van der Waals surface area contributed by atoms with Gasteiger partial charge in [0.05, 0.1) is 45.1 Å². The summed E-state index contributed by atoms with van der Waals surface area (Å²) >= 11 is 0. The van der Waals surface area contributed by atoms with Crippen LogP contribution in [0.25, 0.3) is 6.08 Å². The van der Waals surface area contributed by atoms with Crippen LogP contribution in [0.15, 0.2) is 53.3 Å². The van der Waals surface area contributed by atoms with Crippen LogP contribution in [0.3, 0.4) is 0 Å². The fourth-order valence-corrected chi connectivity index (χ4v) is 5.65. The molecule has 0 N–H and O–H groups in total. The zero-order valence-electron chi connectivity index (χ0n) is 24.2. The first-order valence-electron chi connectivity index (χ1n) is 13.6. The Hall–Kier alpha value is -4.87. The van der Waals surface area contributed by atoms with Gasteiger partial charge >= 0.3 is 11.6 Å². The van der Waals surface area contributed by atoms with E-state index in [1.807, 2.05) is 36.4 Å². The number of nitrogens with zero attached hydrogens (tertiary/aromatic N) is 5. The minimum atomic E-state index is -0.638. The van der Waals surface area contributed by atoms with Gasteiger partial charge in [0.25, 0.3) is 0 Å². The summed E-state index contributed by atoms with van der Waals surface area (Å²) in [4.78, 5) is 25.3. The number of ether oxygens (including phenoxy) is 4. The molecule has 12 heteroatoms. The standard InChI is InChI=1S/C30H33N5O7/c1-6-33-17-22(35(37)38)28(31-33)30(36)34-29(20-11-13-24(40-3)26(16-20)42-5)21-9-7-8-19(27(21)32-34)14-18-10-12-23(39-2)25(15-18)41-4/h10-17,21,29H,6-9H2,1-5H3/b19-14+/t21-,29-/m0/s1. The van der Waals surface area contributed by atoms with E-state index in [1.165, 1.54) is 15.9 Å². The SMILES string of the molecule is CCn1cc([N+](=O)[O-])c(C(=O)N2N=C3/C(=C/c4ccc(OC)c(OC)c4)CCC[C@@H]3[C@@H]2c2ccc(OC)c(OC)c2)n1. The monoisotopic (exact) mass is 575 g/mol. The van der Waals surface area contributed by atoms with E-state index < -0.39 is 16.9 Å². The van der Waals surface area contributed by atoms with E-state index >= 15 is 0 Å². The van der Waals surface area contributed by atoms with E-state index in [2.05, 4.69) is 5.10 Å². The second-order valence-electron chi connectivity index (χ2n) is 9.95. The van der Waals surface area contributed by atoms with E-state index in [-0.39, 0.29) is 17.3 Å². The van der Waals surface area contributed by atoms with Crippen molar-refractivity contribution in [1.82, 2.24) is 14.8 Å².